The zero-order chi connectivity index (χ0) is 22.5. The van der Waals surface area contributed by atoms with Crippen molar-refractivity contribution in [3.63, 3.8) is 0 Å². The number of amides is 1. The van der Waals surface area contributed by atoms with E-state index in [2.05, 4.69) is 4.98 Å². The third kappa shape index (κ3) is 3.02. The molecule has 0 aliphatic carbocycles. The van der Waals surface area contributed by atoms with Crippen LogP contribution in [-0.2, 0) is 0 Å². The first kappa shape index (κ1) is 19.6. The fourth-order valence-electron chi connectivity index (χ4n) is 4.19. The largest absolute Gasteiger partial charge is 0.494 e. The normalized spacial score (nSPS) is 15.4. The first-order chi connectivity index (χ1) is 16.2. The number of nitrogens with zero attached hydrogens (tertiary/aromatic N) is 3. The Bertz CT molecular complexity index is 1590. The molecule has 7 nitrogen and oxygen atoms in total. The number of carbonyl (C=O) groups is 1. The average molecular weight is 455 g/mol. The topological polar surface area (TPSA) is 85.5 Å². The summed E-state index contributed by atoms with van der Waals surface area (Å²) in [5.74, 6) is 0.358. The van der Waals surface area contributed by atoms with Crippen molar-refractivity contribution in [2.75, 3.05) is 11.5 Å². The van der Waals surface area contributed by atoms with Gasteiger partial charge in [-0.1, -0.05) is 29.5 Å². The molecule has 162 valence electrons. The number of pyridine rings is 1. The fourth-order valence-corrected chi connectivity index (χ4v) is 5.21. The molecule has 8 heteroatoms. The predicted molar refractivity (Wildman–Crippen MR) is 126 cm³/mol. The van der Waals surface area contributed by atoms with Gasteiger partial charge in [0.2, 0.25) is 5.76 Å². The molecular formula is C25H17N3O4S. The second-order valence-corrected chi connectivity index (χ2v) is 8.57. The summed E-state index contributed by atoms with van der Waals surface area (Å²) in [6.07, 6.45) is 1.64. The van der Waals surface area contributed by atoms with Crippen molar-refractivity contribution in [1.29, 1.82) is 0 Å². The predicted octanol–water partition coefficient (Wildman–Crippen LogP) is 4.95. The lowest BCUT2D eigenvalue weighted by molar-refractivity contribution is 0.0970. The van der Waals surface area contributed by atoms with Crippen LogP contribution in [0, 0.1) is 0 Å². The number of anilines is 1. The van der Waals surface area contributed by atoms with Crippen LogP contribution in [0.2, 0.25) is 0 Å². The van der Waals surface area contributed by atoms with Crippen LogP contribution < -0.4 is 15.1 Å². The molecule has 0 spiro atoms. The van der Waals surface area contributed by atoms with Crippen LogP contribution in [0.15, 0.2) is 76.1 Å². The highest BCUT2D eigenvalue weighted by molar-refractivity contribution is 7.22. The summed E-state index contributed by atoms with van der Waals surface area (Å²) in [4.78, 5) is 37.8. The minimum Gasteiger partial charge on any atom is -0.494 e. The van der Waals surface area contributed by atoms with Gasteiger partial charge < -0.3 is 9.15 Å². The monoisotopic (exact) mass is 455 g/mol. The molecule has 4 heterocycles. The van der Waals surface area contributed by atoms with E-state index in [9.17, 15) is 9.59 Å². The van der Waals surface area contributed by atoms with Gasteiger partial charge in [-0.3, -0.25) is 19.5 Å². The van der Waals surface area contributed by atoms with Crippen LogP contribution in [-0.4, -0.2) is 22.5 Å². The number of rotatable bonds is 4. The third-order valence-corrected chi connectivity index (χ3v) is 6.63. The number of thiazole rings is 1. The van der Waals surface area contributed by atoms with E-state index in [1.807, 2.05) is 31.2 Å². The molecule has 3 aromatic heterocycles. The molecular weight excluding hydrogens is 438 g/mol. The van der Waals surface area contributed by atoms with Crippen LogP contribution in [0.5, 0.6) is 5.75 Å². The molecule has 6 rings (SSSR count). The maximum Gasteiger partial charge on any atom is 0.297 e. The molecule has 0 bridgehead atoms. The van der Waals surface area contributed by atoms with Gasteiger partial charge in [-0.25, -0.2) is 4.98 Å². The highest BCUT2D eigenvalue weighted by atomic mass is 32.1. The van der Waals surface area contributed by atoms with Crippen LogP contribution >= 0.6 is 11.3 Å². The van der Waals surface area contributed by atoms with Crippen LogP contribution in [0.25, 0.3) is 21.2 Å². The quantitative estimate of drug-likeness (QED) is 0.381. The molecule has 0 radical (unpaired) electrons. The maximum absolute atomic E-state index is 13.6. The molecule has 1 amide bonds. The van der Waals surface area contributed by atoms with Crippen LogP contribution in [0.4, 0.5) is 5.13 Å². The van der Waals surface area contributed by atoms with E-state index in [-0.39, 0.29) is 16.8 Å². The van der Waals surface area contributed by atoms with Gasteiger partial charge in [0.05, 0.1) is 33.5 Å². The first-order valence-corrected chi connectivity index (χ1v) is 11.3. The zero-order valence-corrected chi connectivity index (χ0v) is 18.3. The first-order valence-electron chi connectivity index (χ1n) is 10.5. The molecule has 0 saturated heterocycles. The Kier molecular flexibility index (Phi) is 4.48. The van der Waals surface area contributed by atoms with E-state index in [1.54, 1.807) is 42.6 Å². The number of hydrogen-bond acceptors (Lipinski definition) is 7. The minimum absolute atomic E-state index is 0.0311. The third-order valence-electron chi connectivity index (χ3n) is 5.61. The van der Waals surface area contributed by atoms with Gasteiger partial charge >= 0.3 is 0 Å². The van der Waals surface area contributed by atoms with E-state index in [1.165, 1.54) is 16.2 Å². The molecule has 0 unspecified atom stereocenters. The van der Waals surface area contributed by atoms with Crippen LogP contribution in [0.3, 0.4) is 0 Å². The Morgan fingerprint density at radius 1 is 1.09 bits per heavy atom. The molecule has 1 atom stereocenters. The number of aromatic nitrogens is 2. The number of ether oxygens (including phenoxy) is 1. The van der Waals surface area contributed by atoms with E-state index in [0.29, 0.717) is 28.4 Å². The van der Waals surface area contributed by atoms with Crippen molar-refractivity contribution in [2.24, 2.45) is 0 Å². The van der Waals surface area contributed by atoms with Gasteiger partial charge in [0.1, 0.15) is 17.4 Å². The van der Waals surface area contributed by atoms with Gasteiger partial charge in [0, 0.05) is 6.20 Å². The van der Waals surface area contributed by atoms with Gasteiger partial charge in [-0.05, 0) is 49.4 Å². The van der Waals surface area contributed by atoms with E-state index < -0.39 is 11.9 Å². The summed E-state index contributed by atoms with van der Waals surface area (Å²) < 4.78 is 12.4. The fraction of sp³-hybridized carbons (Fsp3) is 0.120. The van der Waals surface area contributed by atoms with Crippen molar-refractivity contribution in [1.82, 2.24) is 9.97 Å². The Morgan fingerprint density at radius 3 is 2.76 bits per heavy atom. The lowest BCUT2D eigenvalue weighted by Crippen LogP contribution is -2.29. The van der Waals surface area contributed by atoms with E-state index in [4.69, 9.17) is 14.1 Å². The van der Waals surface area contributed by atoms with Gasteiger partial charge in [0.15, 0.2) is 10.6 Å². The second-order valence-electron chi connectivity index (χ2n) is 7.56. The van der Waals surface area contributed by atoms with Crippen molar-refractivity contribution >= 4 is 43.6 Å². The highest BCUT2D eigenvalue weighted by Gasteiger charge is 2.45. The smallest absolute Gasteiger partial charge is 0.297 e. The van der Waals surface area contributed by atoms with Gasteiger partial charge in [-0.15, -0.1) is 0 Å². The van der Waals surface area contributed by atoms with Crippen LogP contribution in [0.1, 0.15) is 34.8 Å². The maximum atomic E-state index is 13.6. The summed E-state index contributed by atoms with van der Waals surface area (Å²) in [5, 5.41) is 0.895. The summed E-state index contributed by atoms with van der Waals surface area (Å²) in [6.45, 7) is 2.48. The Balaban J connectivity index is 1.58. The lowest BCUT2D eigenvalue weighted by Gasteiger charge is -2.21. The van der Waals surface area contributed by atoms with Crippen molar-refractivity contribution in [3.8, 4) is 5.75 Å². The average Bonchev–Trinajstić information content (AvgIpc) is 3.38. The molecule has 0 saturated carbocycles. The van der Waals surface area contributed by atoms with Crippen molar-refractivity contribution in [2.45, 2.75) is 13.0 Å². The summed E-state index contributed by atoms with van der Waals surface area (Å²) in [5.41, 5.74) is 1.74. The standard InChI is InChI=1S/C25H17N3O4S/c1-2-31-14-10-11-16-19(13-14)33-25(27-16)28-21(17-8-5-6-12-26-17)20-22(29)15-7-3-4-9-18(15)32-23(20)24(28)30/h3-13,21H,2H2,1H3/t21-/m1/s1. The SMILES string of the molecule is CCOc1ccc2nc(N3C(=O)c4oc5ccccc5c(=O)c4[C@H]3c3ccccn3)sc2c1. The van der Waals surface area contributed by atoms with E-state index in [0.717, 1.165) is 16.0 Å². The molecule has 0 fully saturated rings. The number of benzene rings is 2. The van der Waals surface area contributed by atoms with Crippen molar-refractivity contribution < 1.29 is 13.9 Å². The van der Waals surface area contributed by atoms with Gasteiger partial charge in [0.25, 0.3) is 5.91 Å². The molecule has 0 N–H and O–H groups in total. The van der Waals surface area contributed by atoms with Gasteiger partial charge in [-0.2, -0.15) is 0 Å². The number of hydrogen-bond donors (Lipinski definition) is 0. The molecule has 1 aliphatic rings. The molecule has 5 aromatic rings. The second kappa shape index (κ2) is 7.53. The Hall–Kier alpha value is -4.04. The number of carbonyl (C=O) groups excluding carboxylic acids is 1. The number of fused-ring (bicyclic) bond motifs is 3. The lowest BCUT2D eigenvalue weighted by atomic mass is 10.0. The molecule has 33 heavy (non-hydrogen) atoms. The summed E-state index contributed by atoms with van der Waals surface area (Å²) >= 11 is 1.36. The zero-order valence-electron chi connectivity index (χ0n) is 17.5. The molecule has 2 aromatic carbocycles. The minimum atomic E-state index is -0.735. The summed E-state index contributed by atoms with van der Waals surface area (Å²) in [6, 6.07) is 17.3. The van der Waals surface area contributed by atoms with Crippen molar-refractivity contribution in [3.05, 3.63) is 94.1 Å². The summed E-state index contributed by atoms with van der Waals surface area (Å²) in [7, 11) is 0. The number of para-hydroxylation sites is 1. The molecule has 1 aliphatic heterocycles. The Labute approximate surface area is 191 Å². The Morgan fingerprint density at radius 2 is 1.94 bits per heavy atom. The highest BCUT2D eigenvalue weighted by Crippen LogP contribution is 2.43. The van der Waals surface area contributed by atoms with E-state index >= 15 is 0 Å².